The van der Waals surface area contributed by atoms with Gasteiger partial charge in [0.05, 0.1) is 22.3 Å². The van der Waals surface area contributed by atoms with E-state index in [1.54, 1.807) is 19.9 Å². The summed E-state index contributed by atoms with van der Waals surface area (Å²) in [7, 11) is 0. The Balaban J connectivity index is 2.05. The first-order valence-corrected chi connectivity index (χ1v) is 8.74. The summed E-state index contributed by atoms with van der Waals surface area (Å²) in [6.07, 6.45) is 0. The molecule has 0 radical (unpaired) electrons. The third-order valence-electron chi connectivity index (χ3n) is 4.27. The van der Waals surface area contributed by atoms with E-state index >= 15 is 0 Å². The van der Waals surface area contributed by atoms with Gasteiger partial charge in [0.15, 0.2) is 0 Å². The van der Waals surface area contributed by atoms with E-state index in [-0.39, 0.29) is 11.6 Å². The van der Waals surface area contributed by atoms with Gasteiger partial charge in [0.1, 0.15) is 17.6 Å². The first-order chi connectivity index (χ1) is 12.8. The van der Waals surface area contributed by atoms with Gasteiger partial charge >= 0.3 is 0 Å². The molecule has 0 aliphatic heterocycles. The van der Waals surface area contributed by atoms with Crippen molar-refractivity contribution in [1.82, 2.24) is 20.8 Å². The number of pyridine rings is 1. The minimum atomic E-state index is -0.679. The van der Waals surface area contributed by atoms with E-state index in [9.17, 15) is 9.59 Å². The zero-order chi connectivity index (χ0) is 19.7. The lowest BCUT2D eigenvalue weighted by atomic mass is 10.0. The van der Waals surface area contributed by atoms with Gasteiger partial charge < -0.3 is 19.6 Å². The normalized spacial score (nSPS) is 12.2. The van der Waals surface area contributed by atoms with Crippen molar-refractivity contribution in [3.8, 4) is 11.3 Å². The second kappa shape index (κ2) is 7.22. The fraction of sp³-hybridized carbons (Fsp3) is 0.368. The van der Waals surface area contributed by atoms with E-state index in [2.05, 4.69) is 20.8 Å². The zero-order valence-electron chi connectivity index (χ0n) is 16.0. The molecule has 0 aliphatic rings. The van der Waals surface area contributed by atoms with Gasteiger partial charge in [-0.05, 0) is 46.8 Å². The van der Waals surface area contributed by atoms with Crippen LogP contribution >= 0.6 is 0 Å². The molecule has 27 heavy (non-hydrogen) atoms. The standard InChI is InChI=1S/C19H22N4O4/c1-6-20-17(24)11(4)21-18(25)14-8-15(13-7-9(2)26-12(13)5)22-19-16(14)10(3)23-27-19/h7-8,11H,6H2,1-5H3,(H,20,24)(H,21,25). The summed E-state index contributed by atoms with van der Waals surface area (Å²) in [6.45, 7) is 9.36. The Kier molecular flexibility index (Phi) is 4.98. The number of nitrogens with one attached hydrogen (secondary N) is 2. The van der Waals surface area contributed by atoms with Crippen molar-refractivity contribution in [3.63, 3.8) is 0 Å². The number of nitrogens with zero attached hydrogens (tertiary/aromatic N) is 2. The van der Waals surface area contributed by atoms with E-state index in [1.807, 2.05) is 26.8 Å². The quantitative estimate of drug-likeness (QED) is 0.714. The summed E-state index contributed by atoms with van der Waals surface area (Å²) in [6, 6.07) is 2.84. The van der Waals surface area contributed by atoms with Crippen LogP contribution in [-0.4, -0.2) is 34.5 Å². The lowest BCUT2D eigenvalue weighted by Gasteiger charge is -2.14. The summed E-state index contributed by atoms with van der Waals surface area (Å²) in [5, 5.41) is 9.85. The SMILES string of the molecule is CCNC(=O)C(C)NC(=O)c1cc(-c2cc(C)oc2C)nc2onc(C)c12. The van der Waals surface area contributed by atoms with Crippen molar-refractivity contribution < 1.29 is 18.5 Å². The molecule has 2 amide bonds. The third-order valence-corrected chi connectivity index (χ3v) is 4.27. The molecule has 1 atom stereocenters. The lowest BCUT2D eigenvalue weighted by molar-refractivity contribution is -0.122. The number of furan rings is 1. The molecule has 3 rings (SSSR count). The number of carbonyl (C=O) groups excluding carboxylic acids is 2. The van der Waals surface area contributed by atoms with Gasteiger partial charge in [-0.15, -0.1) is 0 Å². The lowest BCUT2D eigenvalue weighted by Crippen LogP contribution is -2.44. The van der Waals surface area contributed by atoms with Crippen molar-refractivity contribution in [2.75, 3.05) is 6.54 Å². The number of rotatable bonds is 5. The Hall–Kier alpha value is -3.16. The molecular weight excluding hydrogens is 348 g/mol. The number of hydrogen-bond donors (Lipinski definition) is 2. The summed E-state index contributed by atoms with van der Waals surface area (Å²) < 4.78 is 10.9. The number of aryl methyl sites for hydroxylation is 3. The average Bonchev–Trinajstić information content (AvgIpc) is 3.16. The molecule has 2 N–H and O–H groups in total. The number of fused-ring (bicyclic) bond motifs is 1. The van der Waals surface area contributed by atoms with Crippen molar-refractivity contribution in [2.45, 2.75) is 40.7 Å². The number of aromatic nitrogens is 2. The van der Waals surface area contributed by atoms with Crippen molar-refractivity contribution in [3.05, 3.63) is 34.9 Å². The largest absolute Gasteiger partial charge is 0.466 e. The highest BCUT2D eigenvalue weighted by atomic mass is 16.5. The van der Waals surface area contributed by atoms with Gasteiger partial charge in [0, 0.05) is 12.1 Å². The molecule has 0 aromatic carbocycles. The van der Waals surface area contributed by atoms with Crippen LogP contribution in [0.1, 0.15) is 41.4 Å². The summed E-state index contributed by atoms with van der Waals surface area (Å²) >= 11 is 0. The van der Waals surface area contributed by atoms with E-state index in [0.29, 0.717) is 34.6 Å². The maximum absolute atomic E-state index is 12.9. The van der Waals surface area contributed by atoms with Gasteiger partial charge in [0.2, 0.25) is 5.91 Å². The molecular formula is C19H22N4O4. The predicted octanol–water partition coefficient (Wildman–Crippen LogP) is 2.66. The second-order valence-electron chi connectivity index (χ2n) is 6.42. The highest BCUT2D eigenvalue weighted by Crippen LogP contribution is 2.30. The highest BCUT2D eigenvalue weighted by molar-refractivity contribution is 6.08. The van der Waals surface area contributed by atoms with Crippen LogP contribution in [-0.2, 0) is 4.79 Å². The molecule has 0 aliphatic carbocycles. The summed E-state index contributed by atoms with van der Waals surface area (Å²) in [5.41, 5.74) is 2.49. The average molecular weight is 370 g/mol. The number of carbonyl (C=O) groups is 2. The third kappa shape index (κ3) is 3.55. The summed E-state index contributed by atoms with van der Waals surface area (Å²) in [4.78, 5) is 29.3. The van der Waals surface area contributed by atoms with Crippen LogP contribution in [0.4, 0.5) is 0 Å². The topological polar surface area (TPSA) is 110 Å². The van der Waals surface area contributed by atoms with Crippen LogP contribution < -0.4 is 10.6 Å². The second-order valence-corrected chi connectivity index (χ2v) is 6.42. The maximum Gasteiger partial charge on any atom is 0.259 e. The minimum absolute atomic E-state index is 0.250. The van der Waals surface area contributed by atoms with Gasteiger partial charge in [-0.25, -0.2) is 4.98 Å². The first-order valence-electron chi connectivity index (χ1n) is 8.74. The molecule has 3 aromatic heterocycles. The van der Waals surface area contributed by atoms with Gasteiger partial charge in [-0.3, -0.25) is 9.59 Å². The van der Waals surface area contributed by atoms with E-state index in [0.717, 1.165) is 11.3 Å². The molecule has 0 saturated carbocycles. The van der Waals surface area contributed by atoms with Crippen molar-refractivity contribution >= 4 is 22.9 Å². The molecule has 142 valence electrons. The number of amides is 2. The Morgan fingerprint density at radius 2 is 1.96 bits per heavy atom. The Morgan fingerprint density at radius 3 is 2.59 bits per heavy atom. The fourth-order valence-corrected chi connectivity index (χ4v) is 2.96. The van der Waals surface area contributed by atoms with E-state index in [4.69, 9.17) is 8.94 Å². The molecule has 0 bridgehead atoms. The monoisotopic (exact) mass is 370 g/mol. The Morgan fingerprint density at radius 1 is 1.22 bits per heavy atom. The molecule has 0 saturated heterocycles. The van der Waals surface area contributed by atoms with Crippen LogP contribution in [0.2, 0.25) is 0 Å². The molecule has 3 heterocycles. The Bertz CT molecular complexity index is 1020. The van der Waals surface area contributed by atoms with Crippen LogP contribution in [0, 0.1) is 20.8 Å². The van der Waals surface area contributed by atoms with Gasteiger partial charge in [-0.2, -0.15) is 0 Å². The smallest absolute Gasteiger partial charge is 0.259 e. The zero-order valence-corrected chi connectivity index (χ0v) is 16.0. The van der Waals surface area contributed by atoms with Crippen molar-refractivity contribution in [2.24, 2.45) is 0 Å². The van der Waals surface area contributed by atoms with Crippen LogP contribution in [0.15, 0.2) is 21.1 Å². The van der Waals surface area contributed by atoms with Gasteiger partial charge in [-0.1, -0.05) is 5.16 Å². The highest BCUT2D eigenvalue weighted by Gasteiger charge is 2.23. The number of hydrogen-bond acceptors (Lipinski definition) is 6. The maximum atomic E-state index is 12.9. The minimum Gasteiger partial charge on any atom is -0.466 e. The molecule has 8 nitrogen and oxygen atoms in total. The molecule has 8 heteroatoms. The van der Waals surface area contributed by atoms with Crippen LogP contribution in [0.25, 0.3) is 22.4 Å². The molecule has 1 unspecified atom stereocenters. The molecule has 0 spiro atoms. The number of likely N-dealkylation sites (N-methyl/N-ethyl adjacent to an activating group) is 1. The fourth-order valence-electron chi connectivity index (χ4n) is 2.96. The first kappa shape index (κ1) is 18.6. The van der Waals surface area contributed by atoms with Crippen LogP contribution in [0.5, 0.6) is 0 Å². The van der Waals surface area contributed by atoms with E-state index < -0.39 is 11.9 Å². The molecule has 3 aromatic rings. The molecule has 0 fully saturated rings. The predicted molar refractivity (Wildman–Crippen MR) is 99.3 cm³/mol. The Labute approximate surface area is 156 Å². The van der Waals surface area contributed by atoms with Gasteiger partial charge in [0.25, 0.3) is 11.6 Å². The van der Waals surface area contributed by atoms with Crippen LogP contribution in [0.3, 0.4) is 0 Å². The summed E-state index contributed by atoms with van der Waals surface area (Å²) in [5.74, 6) is 0.790. The van der Waals surface area contributed by atoms with E-state index in [1.165, 1.54) is 0 Å². The van der Waals surface area contributed by atoms with Crippen molar-refractivity contribution in [1.29, 1.82) is 0 Å².